The lowest BCUT2D eigenvalue weighted by Crippen LogP contribution is -1.93. The van der Waals surface area contributed by atoms with Gasteiger partial charge in [0.15, 0.2) is 0 Å². The maximum absolute atomic E-state index is 3.82. The van der Waals surface area contributed by atoms with Crippen LogP contribution < -0.4 is 0 Å². The normalized spacial score (nSPS) is 11.9. The SMILES string of the molecule is Cc1ccc(-c2c3c(c(-c4ccc(C)cc4)c4ccccc24)-c2ccc(Br)c4cccc-3c24)cc1. The van der Waals surface area contributed by atoms with E-state index in [0.717, 1.165) is 4.47 Å². The molecule has 0 aromatic heterocycles. The van der Waals surface area contributed by atoms with Crippen molar-refractivity contribution in [3.8, 4) is 44.5 Å². The zero-order valence-electron chi connectivity index (χ0n) is 19.7. The maximum Gasteiger partial charge on any atom is 0.0254 e. The van der Waals surface area contributed by atoms with Crippen LogP contribution >= 0.6 is 15.9 Å². The van der Waals surface area contributed by atoms with E-state index in [0.29, 0.717) is 0 Å². The molecular formula is C34H23Br. The molecule has 0 unspecified atom stereocenters. The molecule has 7 rings (SSSR count). The third kappa shape index (κ3) is 2.98. The zero-order chi connectivity index (χ0) is 23.7. The molecule has 0 radical (unpaired) electrons. The van der Waals surface area contributed by atoms with Crippen molar-refractivity contribution < 1.29 is 0 Å². The molecule has 1 aliphatic rings. The molecule has 6 aromatic carbocycles. The van der Waals surface area contributed by atoms with E-state index in [1.165, 1.54) is 77.2 Å². The molecule has 0 heterocycles. The highest BCUT2D eigenvalue weighted by Gasteiger charge is 2.30. The van der Waals surface area contributed by atoms with Crippen molar-refractivity contribution in [3.63, 3.8) is 0 Å². The van der Waals surface area contributed by atoms with E-state index in [9.17, 15) is 0 Å². The monoisotopic (exact) mass is 510 g/mol. The highest BCUT2D eigenvalue weighted by atomic mass is 79.9. The van der Waals surface area contributed by atoms with Gasteiger partial charge >= 0.3 is 0 Å². The number of aryl methyl sites for hydroxylation is 2. The Bertz CT molecular complexity index is 1690. The van der Waals surface area contributed by atoms with Crippen LogP contribution in [0.15, 0.2) is 108 Å². The molecule has 0 N–H and O–H groups in total. The number of fused-ring (bicyclic) bond motifs is 4. The smallest absolute Gasteiger partial charge is 0.0254 e. The summed E-state index contributed by atoms with van der Waals surface area (Å²) in [5.41, 5.74) is 13.1. The van der Waals surface area contributed by atoms with Crippen molar-refractivity contribution in [3.05, 3.63) is 119 Å². The van der Waals surface area contributed by atoms with Gasteiger partial charge in [0.1, 0.15) is 0 Å². The maximum atomic E-state index is 3.82. The Labute approximate surface area is 214 Å². The highest BCUT2D eigenvalue weighted by Crippen LogP contribution is 2.58. The number of rotatable bonds is 2. The molecule has 0 saturated heterocycles. The Morgan fingerprint density at radius 3 is 1.46 bits per heavy atom. The third-order valence-electron chi connectivity index (χ3n) is 7.42. The summed E-state index contributed by atoms with van der Waals surface area (Å²) in [7, 11) is 0. The van der Waals surface area contributed by atoms with E-state index in [2.05, 4.69) is 133 Å². The lowest BCUT2D eigenvalue weighted by atomic mass is 9.82. The summed E-state index contributed by atoms with van der Waals surface area (Å²) in [5.74, 6) is 0. The first-order valence-corrected chi connectivity index (χ1v) is 12.9. The van der Waals surface area contributed by atoms with Crippen LogP contribution in [0.2, 0.25) is 0 Å². The van der Waals surface area contributed by atoms with Gasteiger partial charge in [0.2, 0.25) is 0 Å². The zero-order valence-corrected chi connectivity index (χ0v) is 21.3. The van der Waals surface area contributed by atoms with Gasteiger partial charge in [-0.25, -0.2) is 0 Å². The van der Waals surface area contributed by atoms with Gasteiger partial charge in [0, 0.05) is 4.47 Å². The van der Waals surface area contributed by atoms with Gasteiger partial charge in [-0.2, -0.15) is 0 Å². The Hall–Kier alpha value is -3.68. The minimum Gasteiger partial charge on any atom is -0.0616 e. The first kappa shape index (κ1) is 20.7. The minimum absolute atomic E-state index is 1.14. The van der Waals surface area contributed by atoms with Crippen LogP contribution in [-0.4, -0.2) is 0 Å². The highest BCUT2D eigenvalue weighted by molar-refractivity contribution is 9.10. The fourth-order valence-electron chi connectivity index (χ4n) is 5.81. The van der Waals surface area contributed by atoms with Crippen molar-refractivity contribution in [1.29, 1.82) is 0 Å². The number of halogens is 1. The lowest BCUT2D eigenvalue weighted by molar-refractivity contribution is 1.47. The number of hydrogen-bond acceptors (Lipinski definition) is 0. The first-order chi connectivity index (χ1) is 17.1. The molecule has 0 amide bonds. The summed E-state index contributed by atoms with van der Waals surface area (Å²) in [5, 5.41) is 5.21. The molecule has 166 valence electrons. The molecule has 0 atom stereocenters. The first-order valence-electron chi connectivity index (χ1n) is 12.1. The summed E-state index contributed by atoms with van der Waals surface area (Å²) in [4.78, 5) is 0. The average molecular weight is 511 g/mol. The predicted octanol–water partition coefficient (Wildman–Crippen LogP) is 10.4. The van der Waals surface area contributed by atoms with Crippen LogP contribution in [0.25, 0.3) is 66.1 Å². The van der Waals surface area contributed by atoms with E-state index in [1.807, 2.05) is 0 Å². The fraction of sp³-hybridized carbons (Fsp3) is 0.0588. The second kappa shape index (κ2) is 7.66. The van der Waals surface area contributed by atoms with Crippen molar-refractivity contribution >= 4 is 37.5 Å². The van der Waals surface area contributed by atoms with Crippen LogP contribution in [0.5, 0.6) is 0 Å². The van der Waals surface area contributed by atoms with Crippen LogP contribution in [0, 0.1) is 13.8 Å². The molecule has 6 aromatic rings. The molecule has 0 nitrogen and oxygen atoms in total. The standard InChI is InChI=1S/C34H23Br/c1-20-10-14-22(15-11-20)30-24-6-3-4-7-25(24)31(23-16-12-21(2)13-17-23)34-28-18-19-29(35)26-8-5-9-27(32(26)28)33(30)34/h3-19H,1-2H3. The largest absolute Gasteiger partial charge is 0.0616 e. The second-order valence-corrected chi connectivity index (χ2v) is 10.5. The molecule has 0 spiro atoms. The van der Waals surface area contributed by atoms with E-state index in [-0.39, 0.29) is 0 Å². The van der Waals surface area contributed by atoms with Gasteiger partial charge in [-0.05, 0) is 86.0 Å². The fourth-order valence-corrected chi connectivity index (χ4v) is 6.27. The van der Waals surface area contributed by atoms with Crippen LogP contribution in [0.4, 0.5) is 0 Å². The van der Waals surface area contributed by atoms with Gasteiger partial charge in [-0.3, -0.25) is 0 Å². The molecule has 0 aliphatic heterocycles. The topological polar surface area (TPSA) is 0 Å². The van der Waals surface area contributed by atoms with Crippen LogP contribution in [0.1, 0.15) is 11.1 Å². The Morgan fingerprint density at radius 1 is 0.429 bits per heavy atom. The predicted molar refractivity (Wildman–Crippen MR) is 154 cm³/mol. The quantitative estimate of drug-likeness (QED) is 0.217. The van der Waals surface area contributed by atoms with Gasteiger partial charge in [0.05, 0.1) is 0 Å². The Kier molecular flexibility index (Phi) is 4.53. The van der Waals surface area contributed by atoms with Crippen LogP contribution in [0.3, 0.4) is 0 Å². The molecular weight excluding hydrogens is 488 g/mol. The third-order valence-corrected chi connectivity index (χ3v) is 8.11. The molecule has 0 saturated carbocycles. The van der Waals surface area contributed by atoms with Gasteiger partial charge in [0.25, 0.3) is 0 Å². The number of benzene rings is 6. The van der Waals surface area contributed by atoms with E-state index < -0.39 is 0 Å². The lowest BCUT2D eigenvalue weighted by Gasteiger charge is -2.20. The summed E-state index contributed by atoms with van der Waals surface area (Å²) in [6.07, 6.45) is 0. The summed E-state index contributed by atoms with van der Waals surface area (Å²) >= 11 is 3.82. The van der Waals surface area contributed by atoms with Crippen molar-refractivity contribution in [2.75, 3.05) is 0 Å². The summed E-state index contributed by atoms with van der Waals surface area (Å²) in [6, 6.07) is 38.2. The molecule has 1 heteroatoms. The summed E-state index contributed by atoms with van der Waals surface area (Å²) in [6.45, 7) is 4.31. The molecule has 0 bridgehead atoms. The van der Waals surface area contributed by atoms with Crippen LogP contribution in [-0.2, 0) is 0 Å². The Morgan fingerprint density at radius 2 is 0.914 bits per heavy atom. The van der Waals surface area contributed by atoms with Gasteiger partial charge in [-0.1, -0.05) is 124 Å². The second-order valence-electron chi connectivity index (χ2n) is 9.60. The Balaban J connectivity index is 1.74. The number of hydrogen-bond donors (Lipinski definition) is 0. The van der Waals surface area contributed by atoms with E-state index in [1.54, 1.807) is 0 Å². The van der Waals surface area contributed by atoms with E-state index >= 15 is 0 Å². The van der Waals surface area contributed by atoms with Gasteiger partial charge in [-0.15, -0.1) is 0 Å². The van der Waals surface area contributed by atoms with Crippen molar-refractivity contribution in [1.82, 2.24) is 0 Å². The summed E-state index contributed by atoms with van der Waals surface area (Å²) < 4.78 is 1.14. The van der Waals surface area contributed by atoms with Gasteiger partial charge < -0.3 is 0 Å². The average Bonchev–Trinajstić information content (AvgIpc) is 3.21. The minimum atomic E-state index is 1.14. The van der Waals surface area contributed by atoms with Crippen molar-refractivity contribution in [2.24, 2.45) is 0 Å². The molecule has 35 heavy (non-hydrogen) atoms. The molecule has 1 aliphatic carbocycles. The molecule has 0 fully saturated rings. The van der Waals surface area contributed by atoms with E-state index in [4.69, 9.17) is 0 Å². The van der Waals surface area contributed by atoms with Crippen molar-refractivity contribution in [2.45, 2.75) is 13.8 Å².